The molecule has 0 unspecified atom stereocenters. The molecule has 0 amide bonds. The van der Waals surface area contributed by atoms with Crippen LogP contribution in [0.15, 0.2) is 12.5 Å². The number of likely N-dealkylation sites (N-methyl/N-ethyl adjacent to an activating group) is 2. The third kappa shape index (κ3) is 7.19. The molecule has 8 nitrogen and oxygen atoms in total. The lowest BCUT2D eigenvalue weighted by Gasteiger charge is -2.16. The lowest BCUT2D eigenvalue weighted by molar-refractivity contribution is -0.141. The second-order valence-corrected chi connectivity index (χ2v) is 4.95. The zero-order valence-electron chi connectivity index (χ0n) is 13.5. The molecule has 126 valence electrons. The van der Waals surface area contributed by atoms with E-state index in [4.69, 9.17) is 10.2 Å². The van der Waals surface area contributed by atoms with Gasteiger partial charge < -0.3 is 25.8 Å². The van der Waals surface area contributed by atoms with Crippen molar-refractivity contribution in [2.75, 3.05) is 14.1 Å². The van der Waals surface area contributed by atoms with E-state index in [1.807, 2.05) is 13.8 Å². The van der Waals surface area contributed by atoms with E-state index < -0.39 is 24.0 Å². The Bertz CT molecular complexity index is 436. The molecule has 0 spiro atoms. The predicted molar refractivity (Wildman–Crippen MR) is 82.7 cm³/mol. The Morgan fingerprint density at radius 2 is 1.91 bits per heavy atom. The molecule has 1 aromatic heterocycles. The normalized spacial score (nSPS) is 14.4. The Morgan fingerprint density at radius 3 is 2.18 bits per heavy atom. The minimum absolute atomic E-state index is 0.197. The summed E-state index contributed by atoms with van der Waals surface area (Å²) in [4.78, 5) is 27.7. The highest BCUT2D eigenvalue weighted by atomic mass is 16.4. The summed E-state index contributed by atoms with van der Waals surface area (Å²) in [5, 5.41) is 22.7. The van der Waals surface area contributed by atoms with Gasteiger partial charge in [-0.2, -0.15) is 0 Å². The SMILES string of the molecule is CC[C@H](C)[C@H](NC)C(=O)O.CN[C@@H](Cc1cnc[nH]1)C(=O)O. The van der Waals surface area contributed by atoms with Crippen LogP contribution in [0.5, 0.6) is 0 Å². The number of nitrogens with one attached hydrogen (secondary N) is 3. The minimum atomic E-state index is -0.855. The van der Waals surface area contributed by atoms with Crippen molar-refractivity contribution in [2.24, 2.45) is 5.92 Å². The highest BCUT2D eigenvalue weighted by Gasteiger charge is 2.20. The van der Waals surface area contributed by atoms with E-state index in [1.165, 1.54) is 6.33 Å². The Labute approximate surface area is 130 Å². The topological polar surface area (TPSA) is 127 Å². The summed E-state index contributed by atoms with van der Waals surface area (Å²) < 4.78 is 0. The average Bonchev–Trinajstić information content (AvgIpc) is 2.98. The zero-order valence-corrected chi connectivity index (χ0v) is 13.5. The predicted octanol–water partition coefficient (Wildman–Crippen LogP) is 0.330. The van der Waals surface area contributed by atoms with Crippen LogP contribution in [0.25, 0.3) is 0 Å². The lowest BCUT2D eigenvalue weighted by atomic mass is 10.00. The Hall–Kier alpha value is -1.93. The number of hydrogen-bond acceptors (Lipinski definition) is 5. The first-order valence-electron chi connectivity index (χ1n) is 7.14. The number of rotatable bonds is 8. The molecule has 0 fully saturated rings. The highest BCUT2D eigenvalue weighted by molar-refractivity contribution is 5.74. The van der Waals surface area contributed by atoms with E-state index in [2.05, 4.69) is 20.6 Å². The maximum atomic E-state index is 10.6. The third-order valence-electron chi connectivity index (χ3n) is 3.42. The molecule has 8 heteroatoms. The van der Waals surface area contributed by atoms with Crippen LogP contribution in [0, 0.1) is 5.92 Å². The van der Waals surface area contributed by atoms with Crippen molar-refractivity contribution in [1.29, 1.82) is 0 Å². The van der Waals surface area contributed by atoms with Gasteiger partial charge in [0.05, 0.1) is 6.33 Å². The van der Waals surface area contributed by atoms with Gasteiger partial charge in [-0.15, -0.1) is 0 Å². The molecule has 0 saturated heterocycles. The van der Waals surface area contributed by atoms with Gasteiger partial charge in [-0.25, -0.2) is 4.98 Å². The number of carboxylic acids is 2. The molecule has 0 saturated carbocycles. The molecule has 3 atom stereocenters. The number of carbonyl (C=O) groups is 2. The highest BCUT2D eigenvalue weighted by Crippen LogP contribution is 2.06. The van der Waals surface area contributed by atoms with Gasteiger partial charge in [-0.1, -0.05) is 20.3 Å². The summed E-state index contributed by atoms with van der Waals surface area (Å²) in [5.74, 6) is -1.42. The van der Waals surface area contributed by atoms with Crippen LogP contribution in [0.2, 0.25) is 0 Å². The van der Waals surface area contributed by atoms with Gasteiger partial charge in [-0.3, -0.25) is 9.59 Å². The number of aromatic amines is 1. The van der Waals surface area contributed by atoms with E-state index >= 15 is 0 Å². The van der Waals surface area contributed by atoms with Gasteiger partial charge in [0.2, 0.25) is 0 Å². The van der Waals surface area contributed by atoms with Crippen LogP contribution in [0.3, 0.4) is 0 Å². The van der Waals surface area contributed by atoms with Crippen LogP contribution in [0.4, 0.5) is 0 Å². The fourth-order valence-electron chi connectivity index (χ4n) is 1.82. The van der Waals surface area contributed by atoms with Crippen molar-refractivity contribution in [3.05, 3.63) is 18.2 Å². The second kappa shape index (κ2) is 10.7. The summed E-state index contributed by atoms with van der Waals surface area (Å²) in [5.41, 5.74) is 0.816. The molecule has 1 rings (SSSR count). The van der Waals surface area contributed by atoms with Crippen molar-refractivity contribution in [2.45, 2.75) is 38.8 Å². The van der Waals surface area contributed by atoms with Crippen LogP contribution in [-0.4, -0.2) is 58.3 Å². The van der Waals surface area contributed by atoms with Gasteiger partial charge in [0.25, 0.3) is 0 Å². The largest absolute Gasteiger partial charge is 0.480 e. The molecule has 22 heavy (non-hydrogen) atoms. The number of imidazole rings is 1. The van der Waals surface area contributed by atoms with E-state index in [1.54, 1.807) is 20.3 Å². The van der Waals surface area contributed by atoms with Gasteiger partial charge >= 0.3 is 11.9 Å². The third-order valence-corrected chi connectivity index (χ3v) is 3.42. The standard InChI is InChI=1S/C7H11N3O2.C7H15NO2/c1-8-6(7(11)12)2-5-3-9-4-10-5;1-4-5(2)6(8-3)7(9)10/h3-4,6,8H,2H2,1H3,(H,9,10)(H,11,12);5-6,8H,4H2,1-3H3,(H,9,10)/t6-;5-,6-/m00/s1. The van der Waals surface area contributed by atoms with Crippen molar-refractivity contribution < 1.29 is 19.8 Å². The summed E-state index contributed by atoms with van der Waals surface area (Å²) in [6.07, 6.45) is 4.46. The number of carboxylic acid groups (broad SMARTS) is 2. The van der Waals surface area contributed by atoms with Crippen LogP contribution < -0.4 is 10.6 Å². The summed E-state index contributed by atoms with van der Waals surface area (Å²) in [7, 11) is 3.29. The van der Waals surface area contributed by atoms with E-state index in [0.717, 1.165) is 12.1 Å². The maximum Gasteiger partial charge on any atom is 0.321 e. The van der Waals surface area contributed by atoms with Gasteiger partial charge in [-0.05, 0) is 20.0 Å². The quantitative estimate of drug-likeness (QED) is 0.468. The number of H-pyrrole nitrogens is 1. The lowest BCUT2D eigenvalue weighted by Crippen LogP contribution is -2.39. The monoisotopic (exact) mass is 314 g/mol. The first-order chi connectivity index (χ1) is 10.4. The fourth-order valence-corrected chi connectivity index (χ4v) is 1.82. The number of hydrogen-bond donors (Lipinski definition) is 5. The molecule has 1 heterocycles. The zero-order chi connectivity index (χ0) is 17.1. The molecule has 0 radical (unpaired) electrons. The van der Waals surface area contributed by atoms with Crippen molar-refractivity contribution in [3.63, 3.8) is 0 Å². The number of aromatic nitrogens is 2. The van der Waals surface area contributed by atoms with Crippen LogP contribution in [-0.2, 0) is 16.0 Å². The molecule has 0 bridgehead atoms. The second-order valence-electron chi connectivity index (χ2n) is 4.95. The van der Waals surface area contributed by atoms with E-state index in [-0.39, 0.29) is 5.92 Å². The molecular formula is C14H26N4O4. The molecule has 0 aliphatic heterocycles. The van der Waals surface area contributed by atoms with Crippen LogP contribution >= 0.6 is 0 Å². The first-order valence-corrected chi connectivity index (χ1v) is 7.14. The molecule has 0 aliphatic rings. The number of nitrogens with zero attached hydrogens (tertiary/aromatic N) is 1. The van der Waals surface area contributed by atoms with Gasteiger partial charge in [0.1, 0.15) is 12.1 Å². The molecule has 1 aromatic rings. The van der Waals surface area contributed by atoms with Crippen molar-refractivity contribution in [3.8, 4) is 0 Å². The van der Waals surface area contributed by atoms with Gasteiger partial charge in [0, 0.05) is 18.3 Å². The summed E-state index contributed by atoms with van der Waals surface area (Å²) in [6.45, 7) is 3.91. The minimum Gasteiger partial charge on any atom is -0.480 e. The van der Waals surface area contributed by atoms with E-state index in [0.29, 0.717) is 6.42 Å². The Balaban J connectivity index is 0.000000409. The average molecular weight is 314 g/mol. The molecule has 0 aromatic carbocycles. The van der Waals surface area contributed by atoms with Crippen LogP contribution in [0.1, 0.15) is 26.0 Å². The van der Waals surface area contributed by atoms with Crippen molar-refractivity contribution >= 4 is 11.9 Å². The molecule has 0 aliphatic carbocycles. The smallest absolute Gasteiger partial charge is 0.321 e. The first kappa shape index (κ1) is 20.1. The fraction of sp³-hybridized carbons (Fsp3) is 0.643. The van der Waals surface area contributed by atoms with Crippen molar-refractivity contribution in [1.82, 2.24) is 20.6 Å². The van der Waals surface area contributed by atoms with Gasteiger partial charge in [0.15, 0.2) is 0 Å². The van der Waals surface area contributed by atoms with E-state index in [9.17, 15) is 9.59 Å². The number of aliphatic carboxylic acids is 2. The molecule has 5 N–H and O–H groups in total. The Kier molecular flexibility index (Phi) is 9.80. The maximum absolute atomic E-state index is 10.6. The Morgan fingerprint density at radius 1 is 1.27 bits per heavy atom. The summed E-state index contributed by atoms with van der Waals surface area (Å²) >= 11 is 0. The summed E-state index contributed by atoms with van der Waals surface area (Å²) in [6, 6.07) is -0.949. The molecular weight excluding hydrogens is 288 g/mol.